The van der Waals surface area contributed by atoms with E-state index in [0.29, 0.717) is 17.1 Å². The summed E-state index contributed by atoms with van der Waals surface area (Å²) >= 11 is 0. The molecule has 0 aliphatic carbocycles. The summed E-state index contributed by atoms with van der Waals surface area (Å²) in [6, 6.07) is 15.1. The molecule has 0 fully saturated rings. The molecule has 0 aliphatic heterocycles. The Labute approximate surface area is 150 Å². The number of aromatic amines is 1. The maximum Gasteiger partial charge on any atom is 0.323 e. The minimum Gasteiger partial charge on any atom is -0.308 e. The molecule has 3 N–H and O–H groups in total. The van der Waals surface area contributed by atoms with Gasteiger partial charge in [0.1, 0.15) is 4.90 Å². The predicted molar refractivity (Wildman–Crippen MR) is 99.7 cm³/mol. The summed E-state index contributed by atoms with van der Waals surface area (Å²) < 4.78 is 26.0. The zero-order valence-electron chi connectivity index (χ0n) is 13.9. The molecule has 0 bridgehead atoms. The van der Waals surface area contributed by atoms with Crippen LogP contribution in [0.5, 0.6) is 0 Å². The number of hydrogen-bond acceptors (Lipinski definition) is 4. The summed E-state index contributed by atoms with van der Waals surface area (Å²) in [4.78, 5) is 12.0. The highest BCUT2D eigenvalue weighted by Gasteiger charge is 2.22. The Bertz CT molecular complexity index is 971. The second-order valence-electron chi connectivity index (χ2n) is 5.40. The fourth-order valence-electron chi connectivity index (χ4n) is 2.25. The number of carbonyl (C=O) groups is 1. The van der Waals surface area contributed by atoms with E-state index < -0.39 is 10.0 Å². The monoisotopic (exact) mass is 371 g/mol. The number of nitrogens with zero attached hydrogens (tertiary/aromatic N) is 2. The first-order chi connectivity index (χ1) is 12.5. The van der Waals surface area contributed by atoms with Crippen molar-refractivity contribution in [1.29, 1.82) is 0 Å². The van der Waals surface area contributed by atoms with Crippen molar-refractivity contribution in [2.75, 3.05) is 22.0 Å². The van der Waals surface area contributed by atoms with Gasteiger partial charge in [-0.2, -0.15) is 5.10 Å². The lowest BCUT2D eigenvalue weighted by molar-refractivity contribution is 0.262. The van der Waals surface area contributed by atoms with Gasteiger partial charge in [0.25, 0.3) is 10.0 Å². The van der Waals surface area contributed by atoms with Crippen LogP contribution in [0.3, 0.4) is 0 Å². The molecule has 1 heterocycles. The van der Waals surface area contributed by atoms with Crippen molar-refractivity contribution in [3.8, 4) is 0 Å². The van der Waals surface area contributed by atoms with Crippen LogP contribution in [-0.2, 0) is 10.0 Å². The highest BCUT2D eigenvalue weighted by atomic mass is 32.2. The van der Waals surface area contributed by atoms with Crippen LogP contribution < -0.4 is 14.9 Å². The summed E-state index contributed by atoms with van der Waals surface area (Å²) in [7, 11) is -2.23. The van der Waals surface area contributed by atoms with Crippen LogP contribution >= 0.6 is 0 Å². The molecular weight excluding hydrogens is 354 g/mol. The highest BCUT2D eigenvalue weighted by Crippen LogP contribution is 2.23. The van der Waals surface area contributed by atoms with E-state index in [1.54, 1.807) is 36.4 Å². The fourth-order valence-corrected chi connectivity index (χ4v) is 3.35. The summed E-state index contributed by atoms with van der Waals surface area (Å²) in [6.45, 7) is 0. The minimum absolute atomic E-state index is 0.0736. The Morgan fingerprint density at radius 3 is 2.19 bits per heavy atom. The summed E-state index contributed by atoms with van der Waals surface area (Å²) in [5.74, 6) is 0. The standard InChI is InChI=1S/C17H17N5O3S/c1-22(26(24,25)16-11-18-19-12-16)15-9-7-14(8-10-15)21-17(23)20-13-5-3-2-4-6-13/h2-12H,1H3,(H,18,19)(H2,20,21,23). The second kappa shape index (κ2) is 7.28. The van der Waals surface area contributed by atoms with Gasteiger partial charge in [-0.1, -0.05) is 18.2 Å². The van der Waals surface area contributed by atoms with E-state index in [4.69, 9.17) is 0 Å². The van der Waals surface area contributed by atoms with Crippen LogP contribution in [0.15, 0.2) is 71.9 Å². The SMILES string of the molecule is CN(c1ccc(NC(=O)Nc2ccccc2)cc1)S(=O)(=O)c1cn[nH]c1. The molecule has 134 valence electrons. The number of carbonyl (C=O) groups excluding carboxylic acids is 1. The second-order valence-corrected chi connectivity index (χ2v) is 7.37. The molecule has 2 amide bonds. The third kappa shape index (κ3) is 3.83. The van der Waals surface area contributed by atoms with Gasteiger partial charge in [0, 0.05) is 24.6 Å². The zero-order chi connectivity index (χ0) is 18.6. The van der Waals surface area contributed by atoms with Crippen molar-refractivity contribution in [2.45, 2.75) is 4.90 Å². The van der Waals surface area contributed by atoms with Gasteiger partial charge < -0.3 is 10.6 Å². The number of amides is 2. The maximum absolute atomic E-state index is 12.4. The van der Waals surface area contributed by atoms with Crippen molar-refractivity contribution >= 4 is 33.1 Å². The average Bonchev–Trinajstić information content (AvgIpc) is 3.18. The molecule has 3 rings (SSSR count). The molecule has 0 atom stereocenters. The van der Waals surface area contributed by atoms with E-state index in [1.165, 1.54) is 19.4 Å². The molecule has 9 heteroatoms. The van der Waals surface area contributed by atoms with Gasteiger partial charge in [-0.05, 0) is 36.4 Å². The quantitative estimate of drug-likeness (QED) is 0.641. The van der Waals surface area contributed by atoms with E-state index in [-0.39, 0.29) is 10.9 Å². The Kier molecular flexibility index (Phi) is 4.90. The lowest BCUT2D eigenvalue weighted by atomic mass is 10.3. The first kappa shape index (κ1) is 17.5. The molecule has 3 aromatic rings. The number of urea groups is 1. The van der Waals surface area contributed by atoms with Crippen molar-refractivity contribution in [3.05, 3.63) is 67.0 Å². The number of anilines is 3. The number of hydrogen-bond donors (Lipinski definition) is 3. The summed E-state index contributed by atoms with van der Waals surface area (Å²) in [5.41, 5.74) is 1.67. The molecule has 0 radical (unpaired) electrons. The molecule has 0 saturated heterocycles. The molecule has 1 aromatic heterocycles. The smallest absolute Gasteiger partial charge is 0.308 e. The highest BCUT2D eigenvalue weighted by molar-refractivity contribution is 7.92. The molecule has 2 aromatic carbocycles. The molecule has 0 saturated carbocycles. The van der Waals surface area contributed by atoms with E-state index in [0.717, 1.165) is 4.31 Å². The average molecular weight is 371 g/mol. The molecule has 26 heavy (non-hydrogen) atoms. The van der Waals surface area contributed by atoms with Crippen molar-refractivity contribution < 1.29 is 13.2 Å². The Morgan fingerprint density at radius 1 is 1.00 bits per heavy atom. The largest absolute Gasteiger partial charge is 0.323 e. The van der Waals surface area contributed by atoms with Crippen molar-refractivity contribution in [2.24, 2.45) is 0 Å². The van der Waals surface area contributed by atoms with Gasteiger partial charge in [-0.15, -0.1) is 0 Å². The number of sulfonamides is 1. The normalized spacial score (nSPS) is 11.0. The predicted octanol–water partition coefficient (Wildman–Crippen LogP) is 2.88. The van der Waals surface area contributed by atoms with Crippen LogP contribution in [-0.4, -0.2) is 31.7 Å². The van der Waals surface area contributed by atoms with E-state index >= 15 is 0 Å². The molecule has 0 aliphatic rings. The van der Waals surface area contributed by atoms with Crippen LogP contribution in [0.25, 0.3) is 0 Å². The number of H-pyrrole nitrogens is 1. The lowest BCUT2D eigenvalue weighted by Crippen LogP contribution is -2.26. The van der Waals surface area contributed by atoms with Crippen LogP contribution in [0.1, 0.15) is 0 Å². The van der Waals surface area contributed by atoms with Gasteiger partial charge in [-0.25, -0.2) is 13.2 Å². The van der Waals surface area contributed by atoms with Gasteiger partial charge in [-0.3, -0.25) is 9.40 Å². The van der Waals surface area contributed by atoms with Crippen LogP contribution in [0.2, 0.25) is 0 Å². The Hall–Kier alpha value is -3.33. The van der Waals surface area contributed by atoms with E-state index in [1.807, 2.05) is 18.2 Å². The van der Waals surface area contributed by atoms with Gasteiger partial charge in [0.05, 0.1) is 11.9 Å². The molecule has 8 nitrogen and oxygen atoms in total. The number of rotatable bonds is 5. The summed E-state index contributed by atoms with van der Waals surface area (Å²) in [6.07, 6.45) is 2.56. The first-order valence-corrected chi connectivity index (χ1v) is 9.11. The number of aromatic nitrogens is 2. The van der Waals surface area contributed by atoms with Gasteiger partial charge in [0.2, 0.25) is 0 Å². The van der Waals surface area contributed by atoms with E-state index in [9.17, 15) is 13.2 Å². The number of benzene rings is 2. The van der Waals surface area contributed by atoms with Crippen LogP contribution in [0.4, 0.5) is 21.9 Å². The third-order valence-corrected chi connectivity index (χ3v) is 5.40. The van der Waals surface area contributed by atoms with Crippen LogP contribution in [0, 0.1) is 0 Å². The Morgan fingerprint density at radius 2 is 1.62 bits per heavy atom. The fraction of sp³-hybridized carbons (Fsp3) is 0.0588. The zero-order valence-corrected chi connectivity index (χ0v) is 14.7. The molecule has 0 spiro atoms. The van der Waals surface area contributed by atoms with Crippen molar-refractivity contribution in [3.63, 3.8) is 0 Å². The number of nitrogens with one attached hydrogen (secondary N) is 3. The summed E-state index contributed by atoms with van der Waals surface area (Å²) in [5, 5.41) is 11.5. The molecule has 0 unspecified atom stereocenters. The Balaban J connectivity index is 1.67. The lowest BCUT2D eigenvalue weighted by Gasteiger charge is -2.18. The molecular formula is C17H17N5O3S. The minimum atomic E-state index is -3.69. The number of para-hydroxylation sites is 1. The van der Waals surface area contributed by atoms with Gasteiger partial charge >= 0.3 is 6.03 Å². The van der Waals surface area contributed by atoms with E-state index in [2.05, 4.69) is 20.8 Å². The third-order valence-electron chi connectivity index (χ3n) is 3.65. The van der Waals surface area contributed by atoms with Crippen molar-refractivity contribution in [1.82, 2.24) is 10.2 Å². The maximum atomic E-state index is 12.4. The first-order valence-electron chi connectivity index (χ1n) is 7.67. The topological polar surface area (TPSA) is 107 Å². The van der Waals surface area contributed by atoms with Gasteiger partial charge in [0.15, 0.2) is 0 Å².